The molecule has 1 N–H and O–H groups in total. The third-order valence-corrected chi connectivity index (χ3v) is 7.28. The molecule has 35 heavy (non-hydrogen) atoms. The molecule has 0 spiro atoms. The summed E-state index contributed by atoms with van der Waals surface area (Å²) in [6.07, 6.45) is 1.81. The van der Waals surface area contributed by atoms with Crippen LogP contribution in [0.3, 0.4) is 0 Å². The van der Waals surface area contributed by atoms with Gasteiger partial charge in [-0.1, -0.05) is 24.3 Å². The molecule has 1 saturated heterocycles. The first kappa shape index (κ1) is 23.2. The van der Waals surface area contributed by atoms with Crippen molar-refractivity contribution in [2.75, 3.05) is 4.90 Å². The summed E-state index contributed by atoms with van der Waals surface area (Å²) in [4.78, 5) is 6.77. The number of nitrogens with one attached hydrogen (secondary N) is 1. The van der Waals surface area contributed by atoms with Crippen molar-refractivity contribution in [1.29, 1.82) is 0 Å². The van der Waals surface area contributed by atoms with Crippen LogP contribution in [0.25, 0.3) is 5.69 Å². The average Bonchev–Trinajstić information content (AvgIpc) is 3.32. The zero-order chi connectivity index (χ0) is 24.9. The molecule has 6 heteroatoms. The van der Waals surface area contributed by atoms with Crippen molar-refractivity contribution in [3.05, 3.63) is 112 Å². The van der Waals surface area contributed by atoms with E-state index in [1.165, 1.54) is 22.9 Å². The molecule has 1 fully saturated rings. The lowest BCUT2D eigenvalue weighted by molar-refractivity contribution is 0.564. The summed E-state index contributed by atoms with van der Waals surface area (Å²) in [5.41, 5.74) is 9.50. The highest BCUT2D eigenvalue weighted by Gasteiger charge is 2.42. The number of hydrogen-bond donors (Lipinski definition) is 1. The van der Waals surface area contributed by atoms with E-state index >= 15 is 0 Å². The van der Waals surface area contributed by atoms with Crippen molar-refractivity contribution >= 4 is 23.0 Å². The van der Waals surface area contributed by atoms with E-state index in [0.717, 1.165) is 28.3 Å². The molecule has 2 atom stereocenters. The number of aromatic nitrogens is 2. The first-order chi connectivity index (χ1) is 16.8. The zero-order valence-electron chi connectivity index (χ0n) is 20.6. The molecular formula is C29H29FN4S. The summed E-state index contributed by atoms with van der Waals surface area (Å²) in [7, 11) is 0. The van der Waals surface area contributed by atoms with Gasteiger partial charge in [0.05, 0.1) is 23.5 Å². The highest BCUT2D eigenvalue weighted by molar-refractivity contribution is 7.80. The lowest BCUT2D eigenvalue weighted by atomic mass is 9.96. The molecule has 5 rings (SSSR count). The van der Waals surface area contributed by atoms with Gasteiger partial charge in [-0.2, -0.15) is 0 Å². The van der Waals surface area contributed by atoms with Crippen LogP contribution in [0.4, 0.5) is 10.1 Å². The van der Waals surface area contributed by atoms with Crippen molar-refractivity contribution < 1.29 is 4.39 Å². The minimum Gasteiger partial charge on any atom is -0.351 e. The molecule has 2 aromatic carbocycles. The number of aryl methyl sites for hydroxylation is 4. The summed E-state index contributed by atoms with van der Waals surface area (Å²) < 4.78 is 16.5. The predicted molar refractivity (Wildman–Crippen MR) is 144 cm³/mol. The first-order valence-electron chi connectivity index (χ1n) is 11.8. The van der Waals surface area contributed by atoms with E-state index in [9.17, 15) is 4.39 Å². The summed E-state index contributed by atoms with van der Waals surface area (Å²) >= 11 is 5.86. The molecule has 0 radical (unpaired) electrons. The van der Waals surface area contributed by atoms with E-state index in [0.29, 0.717) is 10.7 Å². The van der Waals surface area contributed by atoms with Gasteiger partial charge < -0.3 is 14.8 Å². The van der Waals surface area contributed by atoms with Crippen LogP contribution in [-0.4, -0.2) is 14.7 Å². The standard InChI is InChI=1S/C29H29FN4S/c1-17-9-8-10-18(2)27(17)33-20(4)16-23(21(33)5)28-26(25-11-6-7-14-31-25)32-29(35)34(28)22-12-13-24(30)19(3)15-22/h6-16,26,28H,1-5H3,(H,32,35)/t26-,28-/m0/s1. The second-order valence-corrected chi connectivity index (χ2v) is 9.72. The third-order valence-electron chi connectivity index (χ3n) is 6.97. The van der Waals surface area contributed by atoms with Gasteiger partial charge in [-0.15, -0.1) is 0 Å². The van der Waals surface area contributed by atoms with Gasteiger partial charge in [-0.05, 0) is 105 Å². The Bertz CT molecular complexity index is 1410. The van der Waals surface area contributed by atoms with E-state index < -0.39 is 0 Å². The molecule has 4 aromatic rings. The van der Waals surface area contributed by atoms with E-state index in [2.05, 4.69) is 71.7 Å². The highest BCUT2D eigenvalue weighted by atomic mass is 32.1. The van der Waals surface area contributed by atoms with Crippen LogP contribution in [0.5, 0.6) is 0 Å². The SMILES string of the molecule is Cc1cc(N2C(=S)N[C@@H](c3ccccn3)[C@@H]2c2cc(C)n(-c3c(C)cccc3C)c2C)ccc1F. The van der Waals surface area contributed by atoms with E-state index in [4.69, 9.17) is 12.2 Å². The van der Waals surface area contributed by atoms with E-state index in [1.54, 1.807) is 13.0 Å². The van der Waals surface area contributed by atoms with Crippen LogP contribution in [0.2, 0.25) is 0 Å². The lowest BCUT2D eigenvalue weighted by Gasteiger charge is -2.28. The first-order valence-corrected chi connectivity index (χ1v) is 12.2. The number of halogens is 1. The Hall–Kier alpha value is -3.51. The van der Waals surface area contributed by atoms with Crippen LogP contribution in [0.1, 0.15) is 51.4 Å². The molecule has 0 unspecified atom stereocenters. The van der Waals surface area contributed by atoms with Gasteiger partial charge in [-0.25, -0.2) is 4.39 Å². The molecule has 4 nitrogen and oxygen atoms in total. The van der Waals surface area contributed by atoms with Crippen molar-refractivity contribution in [3.8, 4) is 5.69 Å². The maximum atomic E-state index is 14.1. The fraction of sp³-hybridized carbons (Fsp3) is 0.241. The molecule has 0 amide bonds. The van der Waals surface area contributed by atoms with Crippen molar-refractivity contribution in [2.24, 2.45) is 0 Å². The molecule has 0 aliphatic carbocycles. The van der Waals surface area contributed by atoms with Crippen LogP contribution in [-0.2, 0) is 0 Å². The van der Waals surface area contributed by atoms with Crippen molar-refractivity contribution in [3.63, 3.8) is 0 Å². The normalized spacial score (nSPS) is 17.7. The van der Waals surface area contributed by atoms with Gasteiger partial charge in [0, 0.05) is 23.3 Å². The van der Waals surface area contributed by atoms with Crippen LogP contribution in [0, 0.1) is 40.4 Å². The monoisotopic (exact) mass is 484 g/mol. The number of hydrogen-bond acceptors (Lipinski definition) is 2. The Morgan fingerprint density at radius 1 is 0.886 bits per heavy atom. The average molecular weight is 485 g/mol. The lowest BCUT2D eigenvalue weighted by Crippen LogP contribution is -2.29. The Kier molecular flexibility index (Phi) is 5.93. The van der Waals surface area contributed by atoms with Crippen molar-refractivity contribution in [2.45, 2.75) is 46.7 Å². The quantitative estimate of drug-likeness (QED) is 0.326. The number of para-hydroxylation sites is 1. The third kappa shape index (κ3) is 3.92. The van der Waals surface area contributed by atoms with Gasteiger partial charge in [0.25, 0.3) is 0 Å². The molecule has 178 valence electrons. The molecule has 1 aliphatic rings. The van der Waals surface area contributed by atoms with E-state index in [-0.39, 0.29) is 17.9 Å². The number of rotatable bonds is 4. The van der Waals surface area contributed by atoms with Crippen LogP contribution in [0.15, 0.2) is 66.9 Å². The van der Waals surface area contributed by atoms with Gasteiger partial charge in [0.15, 0.2) is 5.11 Å². The smallest absolute Gasteiger partial charge is 0.174 e. The van der Waals surface area contributed by atoms with Gasteiger partial charge in [-0.3, -0.25) is 4.98 Å². The van der Waals surface area contributed by atoms with Gasteiger partial charge >= 0.3 is 0 Å². The second-order valence-electron chi connectivity index (χ2n) is 9.33. The Morgan fingerprint density at radius 2 is 1.63 bits per heavy atom. The summed E-state index contributed by atoms with van der Waals surface area (Å²) in [5, 5.41) is 4.12. The topological polar surface area (TPSA) is 33.1 Å². The number of nitrogens with zero attached hydrogens (tertiary/aromatic N) is 3. The fourth-order valence-electron chi connectivity index (χ4n) is 5.32. The largest absolute Gasteiger partial charge is 0.351 e. The number of anilines is 1. The summed E-state index contributed by atoms with van der Waals surface area (Å²) in [6.45, 7) is 10.4. The highest BCUT2D eigenvalue weighted by Crippen LogP contribution is 2.44. The second kappa shape index (κ2) is 8.93. The number of pyridine rings is 1. The van der Waals surface area contributed by atoms with E-state index in [1.807, 2.05) is 30.5 Å². The Morgan fingerprint density at radius 3 is 2.29 bits per heavy atom. The molecule has 0 saturated carbocycles. The number of thiocarbonyl (C=S) groups is 1. The molecule has 2 aromatic heterocycles. The minimum absolute atomic E-state index is 0.147. The minimum atomic E-state index is -0.224. The summed E-state index contributed by atoms with van der Waals surface area (Å²) in [5.74, 6) is -0.224. The Labute approximate surface area is 211 Å². The van der Waals surface area contributed by atoms with Gasteiger partial charge in [0.1, 0.15) is 5.82 Å². The van der Waals surface area contributed by atoms with Crippen molar-refractivity contribution in [1.82, 2.24) is 14.9 Å². The fourth-order valence-corrected chi connectivity index (χ4v) is 5.66. The molecule has 1 aliphatic heterocycles. The maximum Gasteiger partial charge on any atom is 0.174 e. The summed E-state index contributed by atoms with van der Waals surface area (Å²) in [6, 6.07) is 19.5. The number of benzene rings is 2. The van der Waals surface area contributed by atoms with Gasteiger partial charge in [0.2, 0.25) is 0 Å². The molecule has 3 heterocycles. The predicted octanol–water partition coefficient (Wildman–Crippen LogP) is 6.73. The zero-order valence-corrected chi connectivity index (χ0v) is 21.4. The maximum absolute atomic E-state index is 14.1. The molecular weight excluding hydrogens is 455 g/mol. The van der Waals surface area contributed by atoms with Crippen LogP contribution < -0.4 is 10.2 Å². The Balaban J connectivity index is 1.72. The van der Waals surface area contributed by atoms with Crippen LogP contribution >= 0.6 is 12.2 Å². The molecule has 0 bridgehead atoms.